The normalized spacial score (nSPS) is 9.17. The van der Waals surface area contributed by atoms with E-state index >= 15 is 0 Å². The largest absolute Gasteiger partial charge is 0.496 e. The Bertz CT molecular complexity index is 336. The monoisotopic (exact) mass is 161 g/mol. The molecule has 1 aromatic carbocycles. The zero-order chi connectivity index (χ0) is 9.14. The first-order chi connectivity index (χ1) is 5.70. The van der Waals surface area contributed by atoms with Crippen molar-refractivity contribution in [3.8, 4) is 11.8 Å². The fourth-order valence-electron chi connectivity index (χ4n) is 1.22. The van der Waals surface area contributed by atoms with Crippen molar-refractivity contribution in [2.45, 2.75) is 13.8 Å². The minimum atomic E-state index is 0.717. The van der Waals surface area contributed by atoms with Crippen molar-refractivity contribution in [2.75, 3.05) is 7.11 Å². The third-order valence-electron chi connectivity index (χ3n) is 1.96. The van der Waals surface area contributed by atoms with Crippen molar-refractivity contribution in [3.63, 3.8) is 0 Å². The number of methoxy groups -OCH3 is 1. The molecule has 2 heteroatoms. The van der Waals surface area contributed by atoms with E-state index in [1.165, 1.54) is 0 Å². The van der Waals surface area contributed by atoms with E-state index in [1.54, 1.807) is 7.11 Å². The third-order valence-corrected chi connectivity index (χ3v) is 1.96. The van der Waals surface area contributed by atoms with Gasteiger partial charge < -0.3 is 4.74 Å². The molecule has 0 heterocycles. The Kier molecular flexibility index (Phi) is 2.35. The van der Waals surface area contributed by atoms with Crippen molar-refractivity contribution < 1.29 is 4.74 Å². The van der Waals surface area contributed by atoms with Crippen molar-refractivity contribution in [3.05, 3.63) is 28.8 Å². The lowest BCUT2D eigenvalue weighted by Gasteiger charge is -2.07. The summed E-state index contributed by atoms with van der Waals surface area (Å²) in [6, 6.07) is 5.93. The highest BCUT2D eigenvalue weighted by molar-refractivity contribution is 5.50. The minimum absolute atomic E-state index is 0.717. The van der Waals surface area contributed by atoms with Gasteiger partial charge in [-0.15, -0.1) is 0 Å². The van der Waals surface area contributed by atoms with Gasteiger partial charge in [0.05, 0.1) is 18.7 Å². The van der Waals surface area contributed by atoms with Gasteiger partial charge in [0, 0.05) is 5.56 Å². The summed E-state index contributed by atoms with van der Waals surface area (Å²) in [6.07, 6.45) is 0. The van der Waals surface area contributed by atoms with Gasteiger partial charge in [-0.3, -0.25) is 0 Å². The maximum absolute atomic E-state index is 8.81. The molecule has 62 valence electrons. The standard InChI is InChI=1S/C10H11NO/c1-7-4-5-10(12-3)8(2)9(7)6-11/h4-5H,1-3H3. The molecule has 0 aliphatic heterocycles. The maximum atomic E-state index is 8.81. The number of hydrogen-bond acceptors (Lipinski definition) is 2. The summed E-state index contributed by atoms with van der Waals surface area (Å²) in [5, 5.41) is 8.81. The molecule has 0 radical (unpaired) electrons. The Morgan fingerprint density at radius 2 is 2.00 bits per heavy atom. The van der Waals surface area contributed by atoms with Gasteiger partial charge in [0.1, 0.15) is 5.75 Å². The van der Waals surface area contributed by atoms with Crippen LogP contribution in [0.2, 0.25) is 0 Å². The van der Waals surface area contributed by atoms with Crippen LogP contribution in [0.5, 0.6) is 5.75 Å². The summed E-state index contributed by atoms with van der Waals surface area (Å²) in [7, 11) is 1.61. The van der Waals surface area contributed by atoms with E-state index in [-0.39, 0.29) is 0 Å². The molecule has 0 unspecified atom stereocenters. The van der Waals surface area contributed by atoms with Crippen LogP contribution in [0.25, 0.3) is 0 Å². The Morgan fingerprint density at radius 1 is 1.33 bits per heavy atom. The van der Waals surface area contributed by atoms with Gasteiger partial charge >= 0.3 is 0 Å². The van der Waals surface area contributed by atoms with Crippen LogP contribution in [-0.4, -0.2) is 7.11 Å². The number of nitriles is 1. The molecule has 0 aromatic heterocycles. The van der Waals surface area contributed by atoms with Crippen LogP contribution >= 0.6 is 0 Å². The second-order valence-electron chi connectivity index (χ2n) is 2.70. The molecular weight excluding hydrogens is 150 g/mol. The molecular formula is C10H11NO. The Balaban J connectivity index is 3.36. The fraction of sp³-hybridized carbons (Fsp3) is 0.300. The van der Waals surface area contributed by atoms with Crippen LogP contribution in [-0.2, 0) is 0 Å². The SMILES string of the molecule is COc1ccc(C)c(C#N)c1C. The van der Waals surface area contributed by atoms with Gasteiger partial charge in [0.15, 0.2) is 0 Å². The molecule has 1 aromatic rings. The minimum Gasteiger partial charge on any atom is -0.496 e. The molecule has 0 saturated heterocycles. The molecule has 12 heavy (non-hydrogen) atoms. The Labute approximate surface area is 72.4 Å². The number of hydrogen-bond donors (Lipinski definition) is 0. The van der Waals surface area contributed by atoms with Crippen LogP contribution < -0.4 is 4.74 Å². The molecule has 0 N–H and O–H groups in total. The first-order valence-corrected chi connectivity index (χ1v) is 3.75. The predicted molar refractivity (Wildman–Crippen MR) is 47.2 cm³/mol. The molecule has 1 rings (SSSR count). The molecule has 0 amide bonds. The topological polar surface area (TPSA) is 33.0 Å². The summed E-state index contributed by atoms with van der Waals surface area (Å²) in [6.45, 7) is 3.81. The van der Waals surface area contributed by atoms with Crippen LogP contribution in [0.1, 0.15) is 16.7 Å². The van der Waals surface area contributed by atoms with E-state index in [0.29, 0.717) is 5.56 Å². The Hall–Kier alpha value is -1.49. The quantitative estimate of drug-likeness (QED) is 0.632. The van der Waals surface area contributed by atoms with Gasteiger partial charge in [0.25, 0.3) is 0 Å². The summed E-state index contributed by atoms with van der Waals surface area (Å²) in [4.78, 5) is 0. The van der Waals surface area contributed by atoms with E-state index < -0.39 is 0 Å². The van der Waals surface area contributed by atoms with Crippen molar-refractivity contribution >= 4 is 0 Å². The second kappa shape index (κ2) is 3.27. The summed E-state index contributed by atoms with van der Waals surface area (Å²) in [5.41, 5.74) is 2.63. The molecule has 0 bridgehead atoms. The smallest absolute Gasteiger partial charge is 0.123 e. The average molecular weight is 161 g/mol. The fourth-order valence-corrected chi connectivity index (χ4v) is 1.22. The van der Waals surface area contributed by atoms with Crippen LogP contribution in [0.3, 0.4) is 0 Å². The summed E-state index contributed by atoms with van der Waals surface area (Å²) < 4.78 is 5.09. The first-order valence-electron chi connectivity index (χ1n) is 3.75. The van der Waals surface area contributed by atoms with Crippen molar-refractivity contribution in [2.24, 2.45) is 0 Å². The number of benzene rings is 1. The molecule has 0 aliphatic rings. The number of ether oxygens (including phenoxy) is 1. The second-order valence-corrected chi connectivity index (χ2v) is 2.70. The van der Waals surface area contributed by atoms with E-state index in [1.807, 2.05) is 26.0 Å². The van der Waals surface area contributed by atoms with Crippen molar-refractivity contribution in [1.29, 1.82) is 5.26 Å². The molecule has 0 saturated carbocycles. The van der Waals surface area contributed by atoms with Gasteiger partial charge in [-0.25, -0.2) is 0 Å². The lowest BCUT2D eigenvalue weighted by molar-refractivity contribution is 0.411. The third kappa shape index (κ3) is 1.26. The summed E-state index contributed by atoms with van der Waals surface area (Å²) in [5.74, 6) is 0.775. The van der Waals surface area contributed by atoms with Gasteiger partial charge in [-0.05, 0) is 25.5 Å². The van der Waals surface area contributed by atoms with Crippen molar-refractivity contribution in [1.82, 2.24) is 0 Å². The number of rotatable bonds is 1. The maximum Gasteiger partial charge on any atom is 0.123 e. The van der Waals surface area contributed by atoms with E-state index in [0.717, 1.165) is 16.9 Å². The van der Waals surface area contributed by atoms with E-state index in [2.05, 4.69) is 6.07 Å². The van der Waals surface area contributed by atoms with Crippen LogP contribution in [0, 0.1) is 25.2 Å². The first kappa shape index (κ1) is 8.61. The molecule has 2 nitrogen and oxygen atoms in total. The van der Waals surface area contributed by atoms with Gasteiger partial charge in [-0.1, -0.05) is 6.07 Å². The Morgan fingerprint density at radius 3 is 2.50 bits per heavy atom. The molecule has 0 spiro atoms. The molecule has 0 aliphatic carbocycles. The zero-order valence-electron chi connectivity index (χ0n) is 7.51. The molecule has 0 atom stereocenters. The van der Waals surface area contributed by atoms with Crippen LogP contribution in [0.4, 0.5) is 0 Å². The highest BCUT2D eigenvalue weighted by atomic mass is 16.5. The lowest BCUT2D eigenvalue weighted by atomic mass is 10.0. The predicted octanol–water partition coefficient (Wildman–Crippen LogP) is 2.18. The van der Waals surface area contributed by atoms with E-state index in [4.69, 9.17) is 10.00 Å². The summed E-state index contributed by atoms with van der Waals surface area (Å²) >= 11 is 0. The van der Waals surface area contributed by atoms with E-state index in [9.17, 15) is 0 Å². The van der Waals surface area contributed by atoms with Crippen LogP contribution in [0.15, 0.2) is 12.1 Å². The zero-order valence-corrected chi connectivity index (χ0v) is 7.51. The van der Waals surface area contributed by atoms with Gasteiger partial charge in [0.2, 0.25) is 0 Å². The lowest BCUT2D eigenvalue weighted by Crippen LogP contribution is -1.92. The highest BCUT2D eigenvalue weighted by Gasteiger charge is 2.05. The molecule has 0 fully saturated rings. The van der Waals surface area contributed by atoms with Gasteiger partial charge in [-0.2, -0.15) is 5.26 Å². The number of nitrogens with zero attached hydrogens (tertiary/aromatic N) is 1. The number of aryl methyl sites for hydroxylation is 1. The average Bonchev–Trinajstić information content (AvgIpc) is 2.06. The highest BCUT2D eigenvalue weighted by Crippen LogP contribution is 2.23.